The molecule has 0 saturated carbocycles. The van der Waals surface area contributed by atoms with Gasteiger partial charge in [0.2, 0.25) is 0 Å². The Morgan fingerprint density at radius 2 is 2.57 bits per heavy atom. The molecule has 0 radical (unpaired) electrons. The van der Waals surface area contributed by atoms with E-state index in [1.165, 1.54) is 0 Å². The van der Waals surface area contributed by atoms with Gasteiger partial charge in [-0.15, -0.1) is 0 Å². The Morgan fingerprint density at radius 3 is 2.71 bits per heavy atom. The topological polar surface area (TPSA) is 17.1 Å². The summed E-state index contributed by atoms with van der Waals surface area (Å²) in [4.78, 5) is 0. The van der Waals surface area contributed by atoms with Crippen molar-refractivity contribution in [2.45, 2.75) is 18.6 Å². The van der Waals surface area contributed by atoms with Crippen LogP contribution in [0.3, 0.4) is 0 Å². The van der Waals surface area contributed by atoms with E-state index in [9.17, 15) is 4.21 Å². The van der Waals surface area contributed by atoms with Crippen LogP contribution in [0.4, 0.5) is 0 Å². The lowest BCUT2D eigenvalue weighted by Gasteiger charge is -1.91. The molecule has 42 valence electrons. The van der Waals surface area contributed by atoms with Crippen LogP contribution in [0.15, 0.2) is 0 Å². The lowest BCUT2D eigenvalue weighted by molar-refractivity contribution is 0.683. The van der Waals surface area contributed by atoms with Crippen molar-refractivity contribution in [1.82, 2.24) is 0 Å². The second-order valence-corrected chi connectivity index (χ2v) is 5.34. The van der Waals surface area contributed by atoms with E-state index in [2.05, 4.69) is 0 Å². The van der Waals surface area contributed by atoms with Gasteiger partial charge in [-0.2, -0.15) is 0 Å². The fraction of sp³-hybridized carbons (Fsp3) is 1.00. The van der Waals surface area contributed by atoms with E-state index in [1.54, 1.807) is 10.8 Å². The predicted molar refractivity (Wildman–Crippen MR) is 34.7 cm³/mol. The molecule has 1 saturated heterocycles. The van der Waals surface area contributed by atoms with Crippen molar-refractivity contribution >= 4 is 20.6 Å². The summed E-state index contributed by atoms with van der Waals surface area (Å²) in [6, 6.07) is 0. The third-order valence-corrected chi connectivity index (χ3v) is 4.76. The van der Waals surface area contributed by atoms with Gasteiger partial charge >= 0.3 is 0 Å². The molecule has 0 aromatic rings. The average Bonchev–Trinajstić information content (AvgIpc) is 1.91. The van der Waals surface area contributed by atoms with Gasteiger partial charge in [-0.1, -0.05) is 10.8 Å². The molecule has 0 aliphatic carbocycles. The van der Waals surface area contributed by atoms with E-state index in [-0.39, 0.29) is 0 Å². The molecule has 3 heteroatoms. The molecule has 0 amide bonds. The van der Waals surface area contributed by atoms with Gasteiger partial charge in [0.1, 0.15) is 0 Å². The third kappa shape index (κ3) is 1.19. The molecule has 7 heavy (non-hydrogen) atoms. The van der Waals surface area contributed by atoms with Crippen LogP contribution in [0.5, 0.6) is 0 Å². The summed E-state index contributed by atoms with van der Waals surface area (Å²) in [5.41, 5.74) is 0. The van der Waals surface area contributed by atoms with Gasteiger partial charge in [-0.25, -0.2) is 4.21 Å². The van der Waals surface area contributed by atoms with E-state index in [0.717, 1.165) is 12.2 Å². The summed E-state index contributed by atoms with van der Waals surface area (Å²) in [5, 5.41) is 0.449. The lowest BCUT2D eigenvalue weighted by atomic mass is 10.4. The molecule has 1 aliphatic rings. The minimum absolute atomic E-state index is 0.449. The molecule has 1 rings (SSSR count). The highest BCUT2D eigenvalue weighted by molar-refractivity contribution is 8.69. The van der Waals surface area contributed by atoms with Crippen LogP contribution in [-0.2, 0) is 9.83 Å². The van der Waals surface area contributed by atoms with Crippen molar-refractivity contribution < 1.29 is 4.21 Å². The third-order valence-electron chi connectivity index (χ3n) is 1.05. The Bertz CT molecular complexity index is 91.7. The zero-order valence-corrected chi connectivity index (χ0v) is 5.85. The van der Waals surface area contributed by atoms with E-state index in [4.69, 9.17) is 0 Å². The molecule has 1 fully saturated rings. The van der Waals surface area contributed by atoms with Crippen LogP contribution in [-0.4, -0.2) is 15.2 Å². The van der Waals surface area contributed by atoms with Crippen LogP contribution in [0.2, 0.25) is 0 Å². The van der Waals surface area contributed by atoms with E-state index in [0.29, 0.717) is 5.25 Å². The second kappa shape index (κ2) is 2.18. The minimum Gasteiger partial charge on any atom is -0.248 e. The molecule has 1 nitrogen and oxygen atoms in total. The quantitative estimate of drug-likeness (QED) is 0.465. The van der Waals surface area contributed by atoms with Gasteiger partial charge in [0, 0.05) is 11.0 Å². The minimum atomic E-state index is -0.551. The Balaban J connectivity index is 2.48. The maximum Gasteiger partial charge on any atom is 0.0832 e. The van der Waals surface area contributed by atoms with Crippen LogP contribution in [0.1, 0.15) is 13.3 Å². The highest BCUT2D eigenvalue weighted by atomic mass is 33.1. The Kier molecular flexibility index (Phi) is 1.75. The molecule has 1 aliphatic heterocycles. The van der Waals surface area contributed by atoms with Gasteiger partial charge in [-0.3, -0.25) is 0 Å². The molecule has 1 heterocycles. The van der Waals surface area contributed by atoms with Crippen molar-refractivity contribution in [2.75, 3.05) is 5.75 Å². The van der Waals surface area contributed by atoms with Crippen molar-refractivity contribution in [1.29, 1.82) is 0 Å². The molecule has 2 unspecified atom stereocenters. The molecule has 0 N–H and O–H groups in total. The molecule has 0 aromatic carbocycles. The lowest BCUT2D eigenvalue weighted by Crippen LogP contribution is -1.97. The molecule has 0 spiro atoms. The van der Waals surface area contributed by atoms with Crippen LogP contribution in [0, 0.1) is 0 Å². The van der Waals surface area contributed by atoms with Crippen molar-refractivity contribution in [3.05, 3.63) is 0 Å². The smallest absolute Gasteiger partial charge is 0.0832 e. The van der Waals surface area contributed by atoms with Crippen LogP contribution in [0.25, 0.3) is 0 Å². The van der Waals surface area contributed by atoms with Crippen LogP contribution < -0.4 is 0 Å². The van der Waals surface area contributed by atoms with Gasteiger partial charge in [0.05, 0.1) is 9.83 Å². The number of hydrogen-bond donors (Lipinski definition) is 0. The predicted octanol–water partition coefficient (Wildman–Crippen LogP) is 1.18. The second-order valence-electron chi connectivity index (χ2n) is 1.68. The van der Waals surface area contributed by atoms with E-state index in [1.807, 2.05) is 6.92 Å². The standard InChI is InChI=1S/C4H8OS2/c1-4-2-3-6-7(4)5/h4H,2-3H2,1H3. The maximum atomic E-state index is 10.6. The van der Waals surface area contributed by atoms with Gasteiger partial charge in [0.25, 0.3) is 0 Å². The normalized spacial score (nSPS) is 41.9. The maximum absolute atomic E-state index is 10.6. The summed E-state index contributed by atoms with van der Waals surface area (Å²) < 4.78 is 10.6. The van der Waals surface area contributed by atoms with Crippen molar-refractivity contribution in [3.63, 3.8) is 0 Å². The van der Waals surface area contributed by atoms with Gasteiger partial charge in [0.15, 0.2) is 0 Å². The molecule has 0 bridgehead atoms. The van der Waals surface area contributed by atoms with Crippen molar-refractivity contribution in [3.8, 4) is 0 Å². The summed E-state index contributed by atoms with van der Waals surface area (Å²) in [5.74, 6) is 1.09. The molecular formula is C4H8OS2. The zero-order valence-electron chi connectivity index (χ0n) is 4.22. The van der Waals surface area contributed by atoms with Gasteiger partial charge < -0.3 is 0 Å². The molecule has 2 atom stereocenters. The Labute approximate surface area is 49.7 Å². The van der Waals surface area contributed by atoms with Crippen molar-refractivity contribution in [2.24, 2.45) is 0 Å². The first-order valence-corrected chi connectivity index (χ1v) is 5.06. The SMILES string of the molecule is CC1CCSS1=O. The summed E-state index contributed by atoms with van der Waals surface area (Å²) in [6.07, 6.45) is 1.14. The summed E-state index contributed by atoms with van der Waals surface area (Å²) in [7, 11) is 1.03. The number of hydrogen-bond acceptors (Lipinski definition) is 2. The highest BCUT2D eigenvalue weighted by Crippen LogP contribution is 2.25. The van der Waals surface area contributed by atoms with E-state index >= 15 is 0 Å². The first kappa shape index (κ1) is 5.63. The fourth-order valence-corrected chi connectivity index (χ4v) is 3.58. The zero-order chi connectivity index (χ0) is 5.28. The Morgan fingerprint density at radius 1 is 1.86 bits per heavy atom. The Hall–Kier alpha value is 0.500. The number of rotatable bonds is 0. The van der Waals surface area contributed by atoms with Gasteiger partial charge in [-0.05, 0) is 13.3 Å². The van der Waals surface area contributed by atoms with Crippen LogP contribution >= 0.6 is 10.8 Å². The average molecular weight is 136 g/mol. The fourth-order valence-electron chi connectivity index (χ4n) is 0.509. The molecular weight excluding hydrogens is 128 g/mol. The summed E-state index contributed by atoms with van der Waals surface area (Å²) >= 11 is 0. The monoisotopic (exact) mass is 136 g/mol. The first-order chi connectivity index (χ1) is 3.30. The summed E-state index contributed by atoms with van der Waals surface area (Å²) in [6.45, 7) is 2.04. The van der Waals surface area contributed by atoms with E-state index < -0.39 is 9.83 Å². The first-order valence-electron chi connectivity index (χ1n) is 2.34. The largest absolute Gasteiger partial charge is 0.248 e. The molecule has 0 aromatic heterocycles. The highest BCUT2D eigenvalue weighted by Gasteiger charge is 2.17.